The number of unbranched alkanes of at least 4 members (excludes halogenated alkanes) is 42. The van der Waals surface area contributed by atoms with Crippen molar-refractivity contribution in [3.8, 4) is 0 Å². The molecular formula is C63H119NO5. The summed E-state index contributed by atoms with van der Waals surface area (Å²) in [5, 5.41) is 23.2. The number of esters is 1. The average molecular weight is 971 g/mol. The second-order valence-corrected chi connectivity index (χ2v) is 21.0. The summed E-state index contributed by atoms with van der Waals surface area (Å²) in [6.45, 7) is 4.87. The molecule has 2 atom stereocenters. The number of carbonyl (C=O) groups is 2. The lowest BCUT2D eigenvalue weighted by molar-refractivity contribution is -0.143. The fourth-order valence-corrected chi connectivity index (χ4v) is 9.38. The Balaban J connectivity index is 3.48. The van der Waals surface area contributed by atoms with Crippen LogP contribution in [0.15, 0.2) is 36.5 Å². The number of aliphatic hydroxyl groups is 2. The zero-order valence-electron chi connectivity index (χ0n) is 46.3. The number of nitrogens with one attached hydrogen (secondary N) is 1. The third-order valence-corrected chi connectivity index (χ3v) is 14.1. The normalized spacial score (nSPS) is 12.8. The third-order valence-electron chi connectivity index (χ3n) is 14.1. The minimum Gasteiger partial charge on any atom is -0.466 e. The van der Waals surface area contributed by atoms with Crippen molar-refractivity contribution in [2.75, 3.05) is 13.2 Å². The highest BCUT2D eigenvalue weighted by atomic mass is 16.5. The average Bonchev–Trinajstić information content (AvgIpc) is 3.35. The molecule has 0 aliphatic carbocycles. The van der Waals surface area contributed by atoms with Gasteiger partial charge in [0, 0.05) is 12.8 Å². The van der Waals surface area contributed by atoms with Crippen LogP contribution in [-0.2, 0) is 14.3 Å². The number of amides is 1. The number of carbonyl (C=O) groups excluding carboxylic acids is 2. The largest absolute Gasteiger partial charge is 0.466 e. The van der Waals surface area contributed by atoms with Crippen LogP contribution in [0.2, 0.25) is 0 Å². The summed E-state index contributed by atoms with van der Waals surface area (Å²) in [5.41, 5.74) is 0. The van der Waals surface area contributed by atoms with Crippen LogP contribution in [0.1, 0.15) is 328 Å². The molecule has 1 amide bonds. The SMILES string of the molecule is CCCC/C=C\CCCCCCCC(=O)OCCCCCCCCCCC/C=C\CCCCCCCCCC(=O)NC(CO)C(O)/C=C/CCCCCCCCCCCCCCCCCCCCC. The lowest BCUT2D eigenvalue weighted by atomic mass is 10.0. The molecule has 406 valence electrons. The fourth-order valence-electron chi connectivity index (χ4n) is 9.38. The van der Waals surface area contributed by atoms with Crippen molar-refractivity contribution in [1.29, 1.82) is 0 Å². The van der Waals surface area contributed by atoms with Crippen molar-refractivity contribution in [2.45, 2.75) is 341 Å². The van der Waals surface area contributed by atoms with Crippen LogP contribution >= 0.6 is 0 Å². The van der Waals surface area contributed by atoms with Crippen molar-refractivity contribution in [2.24, 2.45) is 0 Å². The quantitative estimate of drug-likeness (QED) is 0.0321. The van der Waals surface area contributed by atoms with Gasteiger partial charge in [0.25, 0.3) is 0 Å². The zero-order chi connectivity index (χ0) is 50.0. The molecular weight excluding hydrogens is 851 g/mol. The molecule has 0 aliphatic heterocycles. The highest BCUT2D eigenvalue weighted by molar-refractivity contribution is 5.76. The van der Waals surface area contributed by atoms with Gasteiger partial charge < -0.3 is 20.3 Å². The first-order chi connectivity index (χ1) is 34.0. The molecule has 2 unspecified atom stereocenters. The Kier molecular flexibility index (Phi) is 57.0. The predicted molar refractivity (Wildman–Crippen MR) is 301 cm³/mol. The lowest BCUT2D eigenvalue weighted by Gasteiger charge is -2.20. The van der Waals surface area contributed by atoms with Crippen molar-refractivity contribution in [3.63, 3.8) is 0 Å². The van der Waals surface area contributed by atoms with Gasteiger partial charge in [-0.2, -0.15) is 0 Å². The number of hydrogen-bond donors (Lipinski definition) is 3. The Morgan fingerprint density at radius 3 is 1.07 bits per heavy atom. The number of rotatable bonds is 57. The second-order valence-electron chi connectivity index (χ2n) is 21.0. The molecule has 0 aliphatic rings. The lowest BCUT2D eigenvalue weighted by Crippen LogP contribution is -2.45. The Morgan fingerprint density at radius 2 is 0.696 bits per heavy atom. The molecule has 0 saturated carbocycles. The molecule has 0 aromatic carbocycles. The van der Waals surface area contributed by atoms with E-state index in [0.717, 1.165) is 51.4 Å². The van der Waals surface area contributed by atoms with Crippen LogP contribution in [0.25, 0.3) is 0 Å². The minimum absolute atomic E-state index is 0.00554. The van der Waals surface area contributed by atoms with Gasteiger partial charge in [-0.15, -0.1) is 0 Å². The van der Waals surface area contributed by atoms with Crippen molar-refractivity contribution >= 4 is 11.9 Å². The van der Waals surface area contributed by atoms with Gasteiger partial charge in [0.2, 0.25) is 5.91 Å². The van der Waals surface area contributed by atoms with Gasteiger partial charge in [0.05, 0.1) is 25.4 Å². The second kappa shape index (κ2) is 58.6. The van der Waals surface area contributed by atoms with Gasteiger partial charge in [0.15, 0.2) is 0 Å². The number of hydrogen-bond acceptors (Lipinski definition) is 5. The van der Waals surface area contributed by atoms with E-state index in [4.69, 9.17) is 4.74 Å². The Bertz CT molecular complexity index is 1120. The van der Waals surface area contributed by atoms with Crippen molar-refractivity contribution in [1.82, 2.24) is 5.32 Å². The summed E-state index contributed by atoms with van der Waals surface area (Å²) < 4.78 is 5.45. The van der Waals surface area contributed by atoms with Crippen LogP contribution in [0.4, 0.5) is 0 Å². The molecule has 0 fully saturated rings. The van der Waals surface area contributed by atoms with Crippen molar-refractivity contribution < 1.29 is 24.5 Å². The molecule has 3 N–H and O–H groups in total. The molecule has 0 spiro atoms. The maximum atomic E-state index is 12.5. The summed E-state index contributed by atoms with van der Waals surface area (Å²) in [6.07, 6.45) is 73.2. The highest BCUT2D eigenvalue weighted by Crippen LogP contribution is 2.17. The predicted octanol–water partition coefficient (Wildman–Crippen LogP) is 19.2. The Morgan fingerprint density at radius 1 is 0.391 bits per heavy atom. The van der Waals surface area contributed by atoms with Crippen molar-refractivity contribution in [3.05, 3.63) is 36.5 Å². The maximum Gasteiger partial charge on any atom is 0.305 e. The first-order valence-corrected chi connectivity index (χ1v) is 30.8. The molecule has 69 heavy (non-hydrogen) atoms. The summed E-state index contributed by atoms with van der Waals surface area (Å²) in [6, 6.07) is -0.635. The van der Waals surface area contributed by atoms with Gasteiger partial charge in [-0.25, -0.2) is 0 Å². The zero-order valence-corrected chi connectivity index (χ0v) is 46.3. The highest BCUT2D eigenvalue weighted by Gasteiger charge is 2.18. The van der Waals surface area contributed by atoms with E-state index in [2.05, 4.69) is 43.5 Å². The number of allylic oxidation sites excluding steroid dienone is 5. The first kappa shape index (κ1) is 67.1. The van der Waals surface area contributed by atoms with E-state index < -0.39 is 12.1 Å². The summed E-state index contributed by atoms with van der Waals surface area (Å²) in [4.78, 5) is 24.5. The van der Waals surface area contributed by atoms with Gasteiger partial charge in [-0.05, 0) is 77.0 Å². The van der Waals surface area contributed by atoms with Crippen LogP contribution in [-0.4, -0.2) is 47.4 Å². The van der Waals surface area contributed by atoms with E-state index in [1.165, 1.54) is 250 Å². The topological polar surface area (TPSA) is 95.9 Å². The van der Waals surface area contributed by atoms with Crippen LogP contribution in [0.5, 0.6) is 0 Å². The first-order valence-electron chi connectivity index (χ1n) is 30.8. The Labute approximate surface area is 430 Å². The minimum atomic E-state index is -0.851. The third kappa shape index (κ3) is 55.2. The Hall–Kier alpha value is -1.92. The summed E-state index contributed by atoms with van der Waals surface area (Å²) in [5.74, 6) is -0.0800. The molecule has 6 heteroatoms. The van der Waals surface area contributed by atoms with Gasteiger partial charge >= 0.3 is 5.97 Å². The van der Waals surface area contributed by atoms with E-state index in [-0.39, 0.29) is 18.5 Å². The molecule has 0 aromatic heterocycles. The smallest absolute Gasteiger partial charge is 0.305 e. The van der Waals surface area contributed by atoms with E-state index in [1.54, 1.807) is 6.08 Å². The van der Waals surface area contributed by atoms with E-state index in [0.29, 0.717) is 19.4 Å². The van der Waals surface area contributed by atoms with E-state index in [1.807, 2.05) is 6.08 Å². The molecule has 0 saturated heterocycles. The van der Waals surface area contributed by atoms with E-state index >= 15 is 0 Å². The van der Waals surface area contributed by atoms with Gasteiger partial charge in [0.1, 0.15) is 0 Å². The molecule has 6 nitrogen and oxygen atoms in total. The summed E-state index contributed by atoms with van der Waals surface area (Å²) in [7, 11) is 0. The molecule has 0 radical (unpaired) electrons. The number of ether oxygens (including phenoxy) is 1. The van der Waals surface area contributed by atoms with E-state index in [9.17, 15) is 19.8 Å². The maximum absolute atomic E-state index is 12.5. The molecule has 0 bridgehead atoms. The van der Waals surface area contributed by atoms with Gasteiger partial charge in [-0.3, -0.25) is 9.59 Å². The van der Waals surface area contributed by atoms with Crippen LogP contribution < -0.4 is 5.32 Å². The molecule has 0 heterocycles. The fraction of sp³-hybridized carbons (Fsp3) is 0.873. The molecule has 0 rings (SSSR count). The van der Waals surface area contributed by atoms with Crippen LogP contribution in [0.3, 0.4) is 0 Å². The molecule has 0 aromatic rings. The van der Waals surface area contributed by atoms with Crippen LogP contribution in [0, 0.1) is 0 Å². The van der Waals surface area contributed by atoms with Gasteiger partial charge in [-0.1, -0.05) is 275 Å². The monoisotopic (exact) mass is 970 g/mol. The summed E-state index contributed by atoms with van der Waals surface area (Å²) >= 11 is 0. The number of aliphatic hydroxyl groups excluding tert-OH is 2. The standard InChI is InChI=1S/C63H119NO5/c1-3-5-7-9-11-13-15-16-17-18-19-20-23-26-29-32-36-39-43-47-51-55-61(66)60(59-65)64-62(67)56-52-48-44-40-37-33-30-27-24-21-22-25-28-31-34-38-42-46-50-54-58-69-63(68)57-53-49-45-41-35-14-12-10-8-6-4-2/h10,12,21,24,51,55,60-61,65-66H,3-9,11,13-20,22-23,25-50,52-54,56-59H2,1-2H3,(H,64,67)/b12-10-,24-21-,55-51+.